The second kappa shape index (κ2) is 5.68. The fourth-order valence-electron chi connectivity index (χ4n) is 2.39. The van der Waals surface area contributed by atoms with E-state index in [0.717, 1.165) is 29.0 Å². The SMILES string of the molecule is CCSc1n(CC)c2cc(C(F)(F)F)ccc2[n+]1CC. The summed E-state index contributed by atoms with van der Waals surface area (Å²) in [7, 11) is 0. The van der Waals surface area contributed by atoms with Crippen molar-refractivity contribution in [1.29, 1.82) is 0 Å². The molecule has 1 aromatic heterocycles. The highest BCUT2D eigenvalue weighted by Gasteiger charge is 2.33. The zero-order valence-corrected chi connectivity index (χ0v) is 12.6. The predicted octanol–water partition coefficient (Wildman–Crippen LogP) is 4.10. The average molecular weight is 303 g/mol. The van der Waals surface area contributed by atoms with Crippen LogP contribution in [0.3, 0.4) is 0 Å². The molecular weight excluding hydrogens is 285 g/mol. The fraction of sp³-hybridized carbons (Fsp3) is 0.500. The van der Waals surface area contributed by atoms with E-state index >= 15 is 0 Å². The van der Waals surface area contributed by atoms with Crippen LogP contribution >= 0.6 is 11.8 Å². The minimum Gasteiger partial charge on any atom is -0.218 e. The molecule has 0 radical (unpaired) electrons. The van der Waals surface area contributed by atoms with E-state index in [2.05, 4.69) is 4.57 Å². The zero-order valence-electron chi connectivity index (χ0n) is 11.8. The van der Waals surface area contributed by atoms with Crippen LogP contribution in [0.25, 0.3) is 11.0 Å². The van der Waals surface area contributed by atoms with Crippen molar-refractivity contribution < 1.29 is 17.7 Å². The van der Waals surface area contributed by atoms with Crippen molar-refractivity contribution in [3.8, 4) is 0 Å². The molecular formula is C14H18F3N2S+. The minimum absolute atomic E-state index is 0.589. The lowest BCUT2D eigenvalue weighted by Crippen LogP contribution is -2.34. The van der Waals surface area contributed by atoms with Gasteiger partial charge in [0.15, 0.2) is 11.0 Å². The Labute approximate surface area is 120 Å². The van der Waals surface area contributed by atoms with Crippen LogP contribution in [0.5, 0.6) is 0 Å². The molecule has 0 fully saturated rings. The first-order chi connectivity index (χ1) is 9.43. The number of hydrogen-bond donors (Lipinski definition) is 0. The van der Waals surface area contributed by atoms with E-state index in [9.17, 15) is 13.2 Å². The van der Waals surface area contributed by atoms with Gasteiger partial charge >= 0.3 is 11.3 Å². The highest BCUT2D eigenvalue weighted by molar-refractivity contribution is 7.99. The summed E-state index contributed by atoms with van der Waals surface area (Å²) >= 11 is 1.66. The summed E-state index contributed by atoms with van der Waals surface area (Å²) in [4.78, 5) is 0. The van der Waals surface area contributed by atoms with Crippen LogP contribution in [0, 0.1) is 0 Å². The molecule has 0 aliphatic heterocycles. The quantitative estimate of drug-likeness (QED) is 0.610. The number of alkyl halides is 3. The first-order valence-electron chi connectivity index (χ1n) is 6.70. The molecule has 0 atom stereocenters. The van der Waals surface area contributed by atoms with Gasteiger partial charge in [0.05, 0.1) is 18.7 Å². The Kier molecular flexibility index (Phi) is 4.32. The third-order valence-electron chi connectivity index (χ3n) is 3.25. The lowest BCUT2D eigenvalue weighted by atomic mass is 10.2. The van der Waals surface area contributed by atoms with Gasteiger partial charge in [-0.15, -0.1) is 0 Å². The number of aryl methyl sites for hydroxylation is 2. The highest BCUT2D eigenvalue weighted by atomic mass is 32.2. The van der Waals surface area contributed by atoms with E-state index in [0.29, 0.717) is 12.1 Å². The molecule has 0 unspecified atom stereocenters. The summed E-state index contributed by atoms with van der Waals surface area (Å²) in [5, 5.41) is 1.02. The number of rotatable bonds is 4. The van der Waals surface area contributed by atoms with Crippen molar-refractivity contribution in [2.75, 3.05) is 5.75 Å². The number of fused-ring (bicyclic) bond motifs is 1. The Morgan fingerprint density at radius 1 is 1.20 bits per heavy atom. The number of halogens is 3. The maximum absolute atomic E-state index is 12.9. The lowest BCUT2D eigenvalue weighted by molar-refractivity contribution is -0.706. The van der Waals surface area contributed by atoms with Gasteiger partial charge < -0.3 is 0 Å². The van der Waals surface area contributed by atoms with Crippen molar-refractivity contribution >= 4 is 22.8 Å². The normalized spacial score (nSPS) is 12.3. The minimum atomic E-state index is -4.30. The van der Waals surface area contributed by atoms with Gasteiger partial charge in [-0.05, 0) is 37.7 Å². The number of hydrogen-bond acceptors (Lipinski definition) is 1. The van der Waals surface area contributed by atoms with Crippen molar-refractivity contribution in [2.45, 2.75) is 45.2 Å². The van der Waals surface area contributed by atoms with E-state index < -0.39 is 11.7 Å². The van der Waals surface area contributed by atoms with Gasteiger partial charge in [0, 0.05) is 11.8 Å². The number of nitrogens with zero attached hydrogens (tertiary/aromatic N) is 2. The smallest absolute Gasteiger partial charge is 0.218 e. The largest absolute Gasteiger partial charge is 0.416 e. The Bertz CT molecular complexity index is 617. The molecule has 0 spiro atoms. The molecule has 20 heavy (non-hydrogen) atoms. The second-order valence-corrected chi connectivity index (χ2v) is 5.64. The van der Waals surface area contributed by atoms with Crippen molar-refractivity contribution in [2.24, 2.45) is 0 Å². The first kappa shape index (κ1) is 15.2. The third kappa shape index (κ3) is 2.53. The monoisotopic (exact) mass is 303 g/mol. The van der Waals surface area contributed by atoms with Crippen molar-refractivity contribution in [1.82, 2.24) is 4.57 Å². The topological polar surface area (TPSA) is 8.81 Å². The van der Waals surface area contributed by atoms with E-state index in [-0.39, 0.29) is 0 Å². The summed E-state index contributed by atoms with van der Waals surface area (Å²) in [6, 6.07) is 3.99. The number of aromatic nitrogens is 2. The van der Waals surface area contributed by atoms with Gasteiger partial charge in [0.2, 0.25) is 0 Å². The molecule has 0 saturated carbocycles. The number of benzene rings is 1. The summed E-state index contributed by atoms with van der Waals surface area (Å²) in [5.41, 5.74) is 0.923. The molecule has 0 aliphatic rings. The van der Waals surface area contributed by atoms with E-state index in [1.54, 1.807) is 17.8 Å². The van der Waals surface area contributed by atoms with Crippen LogP contribution < -0.4 is 4.57 Å². The Balaban J connectivity index is 2.74. The Morgan fingerprint density at radius 3 is 2.40 bits per heavy atom. The summed E-state index contributed by atoms with van der Waals surface area (Å²) in [6.45, 7) is 7.42. The maximum Gasteiger partial charge on any atom is 0.416 e. The molecule has 110 valence electrons. The van der Waals surface area contributed by atoms with Gasteiger partial charge in [0.1, 0.15) is 0 Å². The molecule has 0 aliphatic carbocycles. The Hall–Kier alpha value is -1.17. The van der Waals surface area contributed by atoms with Crippen molar-refractivity contribution in [3.63, 3.8) is 0 Å². The van der Waals surface area contributed by atoms with Crippen LogP contribution in [0.4, 0.5) is 13.2 Å². The van der Waals surface area contributed by atoms with Crippen molar-refractivity contribution in [3.05, 3.63) is 23.8 Å². The fourth-order valence-corrected chi connectivity index (χ4v) is 3.42. The molecule has 6 heteroatoms. The predicted molar refractivity (Wildman–Crippen MR) is 74.9 cm³/mol. The van der Waals surface area contributed by atoms with Crippen LogP contribution in [-0.4, -0.2) is 10.3 Å². The molecule has 0 bridgehead atoms. The van der Waals surface area contributed by atoms with Gasteiger partial charge in [-0.1, -0.05) is 6.92 Å². The summed E-state index contributed by atoms with van der Waals surface area (Å²) in [6.07, 6.45) is -4.30. The number of imidazole rings is 1. The lowest BCUT2D eigenvalue weighted by Gasteiger charge is -2.05. The van der Waals surface area contributed by atoms with Gasteiger partial charge in [0.25, 0.3) is 0 Å². The van der Waals surface area contributed by atoms with Crippen LogP contribution in [0.15, 0.2) is 23.4 Å². The van der Waals surface area contributed by atoms with Gasteiger partial charge in [-0.3, -0.25) is 0 Å². The van der Waals surface area contributed by atoms with Gasteiger partial charge in [-0.2, -0.15) is 13.2 Å². The molecule has 0 saturated heterocycles. The standard InChI is InChI=1S/C14H18F3N2S/c1-4-18-11-8-7-10(14(15,16)17)9-12(11)19(5-2)13(18)20-6-3/h7-9H,4-6H2,1-3H3/q+1. The highest BCUT2D eigenvalue weighted by Crippen LogP contribution is 2.32. The maximum atomic E-state index is 12.9. The zero-order chi connectivity index (χ0) is 14.9. The van der Waals surface area contributed by atoms with Gasteiger partial charge in [-0.25, -0.2) is 9.13 Å². The molecule has 1 aromatic carbocycles. The molecule has 2 aromatic rings. The van der Waals surface area contributed by atoms with Crippen LogP contribution in [0.2, 0.25) is 0 Å². The van der Waals surface area contributed by atoms with E-state index in [1.807, 2.05) is 25.3 Å². The molecule has 2 rings (SSSR count). The third-order valence-corrected chi connectivity index (χ3v) is 4.24. The second-order valence-electron chi connectivity index (χ2n) is 4.41. The molecule has 0 amide bonds. The molecule has 0 N–H and O–H groups in total. The average Bonchev–Trinajstić information content (AvgIpc) is 2.69. The van der Waals surface area contributed by atoms with E-state index in [4.69, 9.17) is 0 Å². The molecule has 2 nitrogen and oxygen atoms in total. The first-order valence-corrected chi connectivity index (χ1v) is 7.68. The molecule has 1 heterocycles. The summed E-state index contributed by atoms with van der Waals surface area (Å²) in [5.74, 6) is 0.891. The number of thioether (sulfide) groups is 1. The van der Waals surface area contributed by atoms with Crippen LogP contribution in [-0.2, 0) is 19.3 Å². The van der Waals surface area contributed by atoms with E-state index in [1.165, 1.54) is 6.07 Å². The summed E-state index contributed by atoms with van der Waals surface area (Å²) < 4.78 is 42.6. The Morgan fingerprint density at radius 2 is 1.90 bits per heavy atom. The van der Waals surface area contributed by atoms with Crippen LogP contribution in [0.1, 0.15) is 26.3 Å².